The molecule has 0 aliphatic carbocycles. The van der Waals surface area contributed by atoms with Crippen LogP contribution in [-0.2, 0) is 0 Å². The Morgan fingerprint density at radius 3 is 0.538 bits per heavy atom. The van der Waals surface area contributed by atoms with E-state index < -0.39 is 15.3 Å². The van der Waals surface area contributed by atoms with Gasteiger partial charge in [-0.25, -0.2) is 0 Å². The van der Waals surface area contributed by atoms with Gasteiger partial charge in [0.25, 0.3) is 0 Å². The van der Waals surface area contributed by atoms with Gasteiger partial charge in [-0.15, -0.1) is 0 Å². The van der Waals surface area contributed by atoms with Crippen LogP contribution in [0.2, 0.25) is 0 Å². The molecule has 0 aromatic heterocycles. The van der Waals surface area contributed by atoms with Crippen molar-refractivity contribution >= 4 is 23.9 Å². The van der Waals surface area contributed by atoms with E-state index >= 15 is 0 Å². The molecule has 12 nitrogen and oxygen atoms in total. The second kappa shape index (κ2) is 16.8. The smallest absolute Gasteiger partial charge is 0.356 e. The molecule has 0 fully saturated rings. The van der Waals surface area contributed by atoms with E-state index in [1.807, 2.05) is 0 Å². The summed E-state index contributed by atoms with van der Waals surface area (Å²) in [6, 6.07) is 0. The van der Waals surface area contributed by atoms with Crippen molar-refractivity contribution in [2.45, 2.75) is 0 Å². The van der Waals surface area contributed by atoms with Gasteiger partial charge in [0.05, 0.1) is 15.3 Å². The van der Waals surface area contributed by atoms with E-state index in [1.165, 1.54) is 0 Å². The zero-order chi connectivity index (χ0) is 10.7. The van der Waals surface area contributed by atoms with Gasteiger partial charge in [-0.05, 0) is 0 Å². The molecule has 0 bridgehead atoms. The third-order valence-electron chi connectivity index (χ3n) is 0. The van der Waals surface area contributed by atoms with Crippen LogP contribution in [0.3, 0.4) is 0 Å². The van der Waals surface area contributed by atoms with Gasteiger partial charge in [0.2, 0.25) is 0 Å². The van der Waals surface area contributed by atoms with Crippen molar-refractivity contribution in [3.05, 3.63) is 46.0 Å². The topological polar surface area (TPSA) is 199 Å². The third-order valence-corrected chi connectivity index (χ3v) is 0. The van der Waals surface area contributed by atoms with Gasteiger partial charge < -0.3 is 46.0 Å². The Kier molecular flexibility index (Phi) is 29.1. The molecule has 0 aromatic carbocycles. The second-order valence-electron chi connectivity index (χ2n) is 0.671. The largest absolute Gasteiger partial charge is 3.00 e. The van der Waals surface area contributed by atoms with Crippen LogP contribution in [0.15, 0.2) is 0 Å². The van der Waals surface area contributed by atoms with Gasteiger partial charge in [-0.1, -0.05) is 0 Å². The average Bonchev–Trinajstić information content (AvgIpc) is 1.54. The molecule has 0 spiro atoms. The Bertz CT molecular complexity index is 112. The molecule has 0 saturated carbocycles. The van der Waals surface area contributed by atoms with Crippen LogP contribution >= 0.6 is 0 Å². The summed E-state index contributed by atoms with van der Waals surface area (Å²) >= 11 is 0. The summed E-state index contributed by atoms with van der Waals surface area (Å²) in [6.45, 7) is 0. The minimum atomic E-state index is -1.75. The zero-order valence-electron chi connectivity index (χ0n) is 5.52. The normalized spacial score (nSPS) is 5.54. The first kappa shape index (κ1) is 22.5. The number of hydrogen-bond acceptors (Lipinski definition) is 9. The summed E-state index contributed by atoms with van der Waals surface area (Å²) in [4.78, 5) is 24.8. The van der Waals surface area contributed by atoms with E-state index in [4.69, 9.17) is 46.0 Å². The molecule has 0 rings (SSSR count). The van der Waals surface area contributed by atoms with Crippen molar-refractivity contribution in [1.82, 2.24) is 0 Å². The first-order valence-electron chi connectivity index (χ1n) is 1.64. The molecule has 0 aliphatic rings. The quantitative estimate of drug-likeness (QED) is 0.302. The molecule has 0 amide bonds. The van der Waals surface area contributed by atoms with Gasteiger partial charge in [0.15, 0.2) is 0 Å². The average molecular weight is 305 g/mol. The van der Waals surface area contributed by atoms with E-state index in [1.54, 1.807) is 0 Å². The first-order chi connectivity index (χ1) is 5.20. The maximum atomic E-state index is 8.25. The van der Waals surface area contributed by atoms with Gasteiger partial charge in [-0.2, -0.15) is 0 Å². The van der Waals surface area contributed by atoms with Gasteiger partial charge in [-0.3, -0.25) is 0 Å². The molecule has 1 radical (unpaired) electrons. The Morgan fingerprint density at radius 1 is 0.538 bits per heavy atom. The van der Waals surface area contributed by atoms with E-state index in [9.17, 15) is 0 Å². The number of rotatable bonds is 0. The van der Waals surface area contributed by atoms with E-state index in [0.29, 0.717) is 0 Å². The van der Waals surface area contributed by atoms with Crippen molar-refractivity contribution in [2.75, 3.05) is 0 Å². The fourth-order valence-electron chi connectivity index (χ4n) is 0. The summed E-state index contributed by atoms with van der Waals surface area (Å²) in [5.41, 5.74) is 0. The SMILES string of the molecule is O=[N+]([O-])[O-].O=[N+]([O-])[O-].O=[N+]([O-])[O-].[Sn+3]. The van der Waals surface area contributed by atoms with Crippen LogP contribution in [0.4, 0.5) is 0 Å². The summed E-state index contributed by atoms with van der Waals surface area (Å²) in [7, 11) is 0. The van der Waals surface area contributed by atoms with Gasteiger partial charge >= 0.3 is 23.9 Å². The van der Waals surface area contributed by atoms with Crippen LogP contribution in [0, 0.1) is 46.0 Å². The molecule has 0 aromatic rings. The minimum Gasteiger partial charge on any atom is -0.356 e. The van der Waals surface area contributed by atoms with Crippen LogP contribution < -0.4 is 0 Å². The van der Waals surface area contributed by atoms with Crippen LogP contribution in [0.5, 0.6) is 0 Å². The maximum Gasteiger partial charge on any atom is 3.00 e. The summed E-state index contributed by atoms with van der Waals surface area (Å²) in [5.74, 6) is 0. The Morgan fingerprint density at radius 2 is 0.538 bits per heavy atom. The monoisotopic (exact) mass is 306 g/mol. The second-order valence-corrected chi connectivity index (χ2v) is 0.671. The molecular weight excluding hydrogens is 305 g/mol. The molecule has 13 heteroatoms. The van der Waals surface area contributed by atoms with Crippen LogP contribution in [0.25, 0.3) is 0 Å². The van der Waals surface area contributed by atoms with Crippen molar-refractivity contribution in [2.24, 2.45) is 0 Å². The van der Waals surface area contributed by atoms with Crippen LogP contribution in [-0.4, -0.2) is 39.2 Å². The maximum absolute atomic E-state index is 8.25. The molecular formula is N3O9Sn. The fraction of sp³-hybridized carbons (Fsp3) is 0. The molecule has 0 aliphatic heterocycles. The first-order valence-corrected chi connectivity index (χ1v) is 1.64. The zero-order valence-corrected chi connectivity index (χ0v) is 8.37. The Hall–Kier alpha value is -1.60. The Labute approximate surface area is 85.7 Å². The molecule has 13 heavy (non-hydrogen) atoms. The number of nitrogens with zero attached hydrogens (tertiary/aromatic N) is 3. The standard InChI is InChI=1S/3NO3.Sn/c3*2-1(3)4;/q3*-1;+3. The minimum absolute atomic E-state index is 0. The Balaban J connectivity index is -0.0000000450. The molecule has 0 atom stereocenters. The summed E-state index contributed by atoms with van der Waals surface area (Å²) in [5, 5.41) is 44.2. The van der Waals surface area contributed by atoms with E-state index in [0.717, 1.165) is 0 Å². The number of hydrogen-bond donors (Lipinski definition) is 0. The fourth-order valence-corrected chi connectivity index (χ4v) is 0. The van der Waals surface area contributed by atoms with Crippen molar-refractivity contribution in [3.63, 3.8) is 0 Å². The van der Waals surface area contributed by atoms with Crippen molar-refractivity contribution in [1.29, 1.82) is 0 Å². The molecule has 0 N–H and O–H groups in total. The predicted molar refractivity (Wildman–Crippen MR) is 36.8 cm³/mol. The molecule has 0 saturated heterocycles. The third kappa shape index (κ3) is 286. The summed E-state index contributed by atoms with van der Waals surface area (Å²) < 4.78 is 0. The molecule has 0 unspecified atom stereocenters. The van der Waals surface area contributed by atoms with Crippen LogP contribution in [0.1, 0.15) is 0 Å². The predicted octanol–water partition coefficient (Wildman–Crippen LogP) is -1.10. The molecule has 0 heterocycles. The summed E-state index contributed by atoms with van der Waals surface area (Å²) in [6.07, 6.45) is 0. The van der Waals surface area contributed by atoms with Crippen molar-refractivity contribution < 1.29 is 15.3 Å². The van der Waals surface area contributed by atoms with Gasteiger partial charge in [0, 0.05) is 0 Å². The molecule has 73 valence electrons. The van der Waals surface area contributed by atoms with Crippen molar-refractivity contribution in [3.8, 4) is 0 Å². The van der Waals surface area contributed by atoms with E-state index in [-0.39, 0.29) is 23.9 Å². The van der Waals surface area contributed by atoms with Gasteiger partial charge in [0.1, 0.15) is 0 Å². The van der Waals surface area contributed by atoms with E-state index in [2.05, 4.69) is 0 Å².